The summed E-state index contributed by atoms with van der Waals surface area (Å²) in [5.74, 6) is 1.95. The smallest absolute Gasteiger partial charge is 0.229 e. The van der Waals surface area contributed by atoms with Gasteiger partial charge < -0.3 is 20.1 Å². The van der Waals surface area contributed by atoms with Gasteiger partial charge in [-0.1, -0.05) is 0 Å². The number of fused-ring (bicyclic) bond motifs is 1. The quantitative estimate of drug-likeness (QED) is 0.774. The van der Waals surface area contributed by atoms with Gasteiger partial charge in [-0.25, -0.2) is 4.98 Å². The largest absolute Gasteiger partial charge is 0.493 e. The van der Waals surface area contributed by atoms with E-state index < -0.39 is 0 Å². The molecular weight excluding hydrogens is 374 g/mol. The molecule has 29 heavy (non-hydrogen) atoms. The first-order valence-corrected chi connectivity index (χ1v) is 9.81. The summed E-state index contributed by atoms with van der Waals surface area (Å²) in [5.41, 5.74) is 6.86. The standard InChI is InChI=1S/C20H25N5O4/c1-28-15-10-13-14(11-16(15)29-2)22-20(23-19(13)21)24-8-6-12(7-9-24)25-17(26)4-3-5-18(25)27/h10-12H,3-9H2,1-2H3,(H2,21,22,23). The van der Waals surface area contributed by atoms with Crippen LogP contribution >= 0.6 is 0 Å². The summed E-state index contributed by atoms with van der Waals surface area (Å²) >= 11 is 0. The third-order valence-electron chi connectivity index (χ3n) is 5.65. The molecule has 3 heterocycles. The van der Waals surface area contributed by atoms with Crippen LogP contribution in [0.3, 0.4) is 0 Å². The van der Waals surface area contributed by atoms with Crippen molar-refractivity contribution in [3.8, 4) is 11.5 Å². The highest BCUT2D eigenvalue weighted by Gasteiger charge is 2.35. The predicted molar refractivity (Wildman–Crippen MR) is 108 cm³/mol. The molecule has 0 radical (unpaired) electrons. The molecule has 1 aromatic heterocycles. The number of carbonyl (C=O) groups is 2. The molecule has 2 fully saturated rings. The van der Waals surface area contributed by atoms with Gasteiger partial charge >= 0.3 is 0 Å². The Hall–Kier alpha value is -3.10. The van der Waals surface area contributed by atoms with Crippen molar-refractivity contribution < 1.29 is 19.1 Å². The molecule has 4 rings (SSSR count). The van der Waals surface area contributed by atoms with Gasteiger partial charge in [0.05, 0.1) is 19.7 Å². The van der Waals surface area contributed by atoms with E-state index in [1.165, 1.54) is 4.90 Å². The normalized spacial score (nSPS) is 18.4. The topological polar surface area (TPSA) is 111 Å². The molecule has 2 aliphatic heterocycles. The SMILES string of the molecule is COc1cc2nc(N3CCC(N4C(=O)CCCC4=O)CC3)nc(N)c2cc1OC. The molecule has 2 N–H and O–H groups in total. The maximum absolute atomic E-state index is 12.2. The Morgan fingerprint density at radius 3 is 2.24 bits per heavy atom. The van der Waals surface area contributed by atoms with E-state index in [4.69, 9.17) is 15.2 Å². The van der Waals surface area contributed by atoms with Crippen LogP contribution in [-0.2, 0) is 9.59 Å². The summed E-state index contributed by atoms with van der Waals surface area (Å²) in [6.07, 6.45) is 2.98. The Balaban J connectivity index is 1.55. The predicted octanol–water partition coefficient (Wildman–Crippen LogP) is 1.74. The Morgan fingerprint density at radius 2 is 1.62 bits per heavy atom. The van der Waals surface area contributed by atoms with E-state index in [2.05, 4.69) is 9.97 Å². The summed E-state index contributed by atoms with van der Waals surface area (Å²) in [6.45, 7) is 1.31. The number of nitrogen functional groups attached to an aromatic ring is 1. The van der Waals surface area contributed by atoms with Gasteiger partial charge in [0.2, 0.25) is 17.8 Å². The first-order chi connectivity index (χ1) is 14.0. The van der Waals surface area contributed by atoms with Crippen molar-refractivity contribution in [1.82, 2.24) is 14.9 Å². The van der Waals surface area contributed by atoms with Crippen molar-refractivity contribution in [2.24, 2.45) is 0 Å². The molecule has 154 valence electrons. The average molecular weight is 399 g/mol. The molecule has 9 heteroatoms. The van der Waals surface area contributed by atoms with Gasteiger partial charge in [0.1, 0.15) is 5.82 Å². The van der Waals surface area contributed by atoms with E-state index in [-0.39, 0.29) is 17.9 Å². The van der Waals surface area contributed by atoms with Crippen molar-refractivity contribution in [3.05, 3.63) is 12.1 Å². The molecule has 0 spiro atoms. The zero-order chi connectivity index (χ0) is 20.5. The lowest BCUT2D eigenvalue weighted by Gasteiger charge is -2.39. The molecule has 2 amide bonds. The van der Waals surface area contributed by atoms with Crippen LogP contribution in [0.15, 0.2) is 12.1 Å². The van der Waals surface area contributed by atoms with Crippen LogP contribution in [0.25, 0.3) is 10.9 Å². The second-order valence-electron chi connectivity index (χ2n) is 7.36. The van der Waals surface area contributed by atoms with Crippen LogP contribution in [0.2, 0.25) is 0 Å². The highest BCUT2D eigenvalue weighted by molar-refractivity contribution is 5.98. The minimum atomic E-state index is -0.0491. The highest BCUT2D eigenvalue weighted by Crippen LogP contribution is 2.34. The molecule has 2 aromatic rings. The van der Waals surface area contributed by atoms with Crippen LogP contribution in [0.1, 0.15) is 32.1 Å². The number of anilines is 2. The molecule has 9 nitrogen and oxygen atoms in total. The number of carbonyl (C=O) groups excluding carboxylic acids is 2. The summed E-state index contributed by atoms with van der Waals surface area (Å²) < 4.78 is 10.7. The molecule has 0 unspecified atom stereocenters. The van der Waals surface area contributed by atoms with Crippen molar-refractivity contribution in [3.63, 3.8) is 0 Å². The number of ether oxygens (including phenoxy) is 2. The molecule has 0 atom stereocenters. The Bertz CT molecular complexity index is 940. The van der Waals surface area contributed by atoms with Gasteiger partial charge in [-0.05, 0) is 25.3 Å². The molecular formula is C20H25N5O4. The van der Waals surface area contributed by atoms with Crippen molar-refractivity contribution in [2.45, 2.75) is 38.1 Å². The van der Waals surface area contributed by atoms with Gasteiger partial charge in [0.15, 0.2) is 11.5 Å². The first-order valence-electron chi connectivity index (χ1n) is 9.81. The van der Waals surface area contributed by atoms with Crippen LogP contribution in [-0.4, -0.2) is 60.0 Å². The molecule has 1 aromatic carbocycles. The third-order valence-corrected chi connectivity index (χ3v) is 5.65. The number of methoxy groups -OCH3 is 2. The lowest BCUT2D eigenvalue weighted by Crippen LogP contribution is -2.51. The van der Waals surface area contributed by atoms with Crippen LogP contribution in [0.5, 0.6) is 11.5 Å². The number of imide groups is 1. The van der Waals surface area contributed by atoms with Gasteiger partial charge in [-0.2, -0.15) is 4.98 Å². The minimum absolute atomic E-state index is 0.0475. The van der Waals surface area contributed by atoms with E-state index in [9.17, 15) is 9.59 Å². The molecule has 0 aliphatic carbocycles. The van der Waals surface area contributed by atoms with E-state index in [0.717, 1.165) is 0 Å². The summed E-state index contributed by atoms with van der Waals surface area (Å²) in [7, 11) is 3.14. The maximum Gasteiger partial charge on any atom is 0.229 e. The summed E-state index contributed by atoms with van der Waals surface area (Å²) in [5, 5.41) is 0.700. The number of hydrogen-bond donors (Lipinski definition) is 1. The van der Waals surface area contributed by atoms with Crippen LogP contribution in [0.4, 0.5) is 11.8 Å². The molecule has 2 aliphatic rings. The van der Waals surface area contributed by atoms with Gasteiger partial charge in [0.25, 0.3) is 0 Å². The van der Waals surface area contributed by atoms with E-state index in [1.54, 1.807) is 26.4 Å². The number of rotatable bonds is 4. The fourth-order valence-electron chi connectivity index (χ4n) is 4.11. The fraction of sp³-hybridized carbons (Fsp3) is 0.500. The highest BCUT2D eigenvalue weighted by atomic mass is 16.5. The average Bonchev–Trinajstić information content (AvgIpc) is 2.73. The summed E-state index contributed by atoms with van der Waals surface area (Å²) in [4.78, 5) is 37.0. The fourth-order valence-corrected chi connectivity index (χ4v) is 4.11. The first kappa shape index (κ1) is 19.2. The Morgan fingerprint density at radius 1 is 1.00 bits per heavy atom. The Labute approximate surface area is 168 Å². The number of benzene rings is 1. The van der Waals surface area contributed by atoms with Crippen LogP contribution in [0, 0.1) is 0 Å². The van der Waals surface area contributed by atoms with Crippen molar-refractivity contribution >= 4 is 34.5 Å². The molecule has 0 bridgehead atoms. The van der Waals surface area contributed by atoms with Gasteiger partial charge in [0, 0.05) is 43.4 Å². The second kappa shape index (κ2) is 7.73. The van der Waals surface area contributed by atoms with E-state index in [0.29, 0.717) is 79.4 Å². The number of aromatic nitrogens is 2. The van der Waals surface area contributed by atoms with Gasteiger partial charge in [-0.15, -0.1) is 0 Å². The second-order valence-corrected chi connectivity index (χ2v) is 7.36. The lowest BCUT2D eigenvalue weighted by atomic mass is 9.99. The van der Waals surface area contributed by atoms with Crippen molar-refractivity contribution in [2.75, 3.05) is 37.9 Å². The van der Waals surface area contributed by atoms with E-state index >= 15 is 0 Å². The monoisotopic (exact) mass is 399 g/mol. The van der Waals surface area contributed by atoms with E-state index in [1.807, 2.05) is 4.90 Å². The number of amides is 2. The number of nitrogens with two attached hydrogens (primary N) is 1. The molecule has 0 saturated carbocycles. The number of nitrogens with zero attached hydrogens (tertiary/aromatic N) is 4. The summed E-state index contributed by atoms with van der Waals surface area (Å²) in [6, 6.07) is 3.51. The van der Waals surface area contributed by atoms with Crippen LogP contribution < -0.4 is 20.1 Å². The number of hydrogen-bond acceptors (Lipinski definition) is 8. The number of piperidine rings is 2. The van der Waals surface area contributed by atoms with Gasteiger partial charge in [-0.3, -0.25) is 14.5 Å². The van der Waals surface area contributed by atoms with Crippen molar-refractivity contribution in [1.29, 1.82) is 0 Å². The third kappa shape index (κ3) is 3.52. The lowest BCUT2D eigenvalue weighted by molar-refractivity contribution is -0.151. The molecule has 2 saturated heterocycles. The Kier molecular flexibility index (Phi) is 5.12. The maximum atomic E-state index is 12.2. The zero-order valence-electron chi connectivity index (χ0n) is 16.7. The minimum Gasteiger partial charge on any atom is -0.493 e. The zero-order valence-corrected chi connectivity index (χ0v) is 16.7. The number of likely N-dealkylation sites (tertiary alicyclic amines) is 1.